The third kappa shape index (κ3) is 7.51. The van der Waals surface area contributed by atoms with Crippen molar-refractivity contribution in [2.24, 2.45) is 5.92 Å². The van der Waals surface area contributed by atoms with Gasteiger partial charge in [0.25, 0.3) is 0 Å². The second kappa shape index (κ2) is 12.7. The van der Waals surface area contributed by atoms with Gasteiger partial charge in [-0.05, 0) is 26.2 Å². The number of aliphatic hydroxyl groups excluding tert-OH is 1. The predicted octanol–water partition coefficient (Wildman–Crippen LogP) is 6.63. The van der Waals surface area contributed by atoms with Gasteiger partial charge in [-0.2, -0.15) is 0 Å². The summed E-state index contributed by atoms with van der Waals surface area (Å²) in [6.07, 6.45) is 14.1. The van der Waals surface area contributed by atoms with Crippen LogP contribution in [0.2, 0.25) is 0 Å². The van der Waals surface area contributed by atoms with Gasteiger partial charge in [-0.15, -0.1) is 0 Å². The molecule has 0 amide bonds. The molecule has 0 radical (unpaired) electrons. The van der Waals surface area contributed by atoms with Crippen LogP contribution in [0.15, 0.2) is 25.0 Å². The predicted molar refractivity (Wildman–Crippen MR) is 111 cm³/mol. The maximum atomic E-state index is 12.0. The van der Waals surface area contributed by atoms with Gasteiger partial charge in [0.2, 0.25) is 0 Å². The van der Waals surface area contributed by atoms with Crippen LogP contribution in [0, 0.1) is 5.92 Å². The van der Waals surface area contributed by atoms with Gasteiger partial charge in [0.05, 0.1) is 35.8 Å². The van der Waals surface area contributed by atoms with Gasteiger partial charge in [-0.1, -0.05) is 59.3 Å². The highest BCUT2D eigenvalue weighted by molar-refractivity contribution is 7.76. The number of carbonyl (C=O) groups excluding carboxylic acids is 1. The largest absolute Gasteiger partial charge is 0.512 e. The molecule has 3 heteroatoms. The van der Waals surface area contributed by atoms with Crippen molar-refractivity contribution in [3.63, 3.8) is 0 Å². The highest BCUT2D eigenvalue weighted by atomic mass is 31.2. The Morgan fingerprint density at radius 2 is 1.46 bits per heavy atom. The summed E-state index contributed by atoms with van der Waals surface area (Å²) in [6, 6.07) is 0. The van der Waals surface area contributed by atoms with Crippen molar-refractivity contribution in [1.29, 1.82) is 0 Å². The quantitative estimate of drug-likeness (QED) is 0.203. The second-order valence-electron chi connectivity index (χ2n) is 7.14. The van der Waals surface area contributed by atoms with E-state index in [4.69, 9.17) is 0 Å². The Labute approximate surface area is 151 Å². The lowest BCUT2D eigenvalue weighted by molar-refractivity contribution is -0.120. The molecule has 1 N–H and O–H groups in total. The Morgan fingerprint density at radius 1 is 1.04 bits per heavy atom. The molecule has 24 heavy (non-hydrogen) atoms. The summed E-state index contributed by atoms with van der Waals surface area (Å²) in [7, 11) is -1.21. The van der Waals surface area contributed by atoms with E-state index in [2.05, 4.69) is 40.0 Å². The maximum absolute atomic E-state index is 12.0. The molecule has 0 saturated carbocycles. The van der Waals surface area contributed by atoms with Crippen LogP contribution in [0.4, 0.5) is 0 Å². The lowest BCUT2D eigenvalue weighted by Gasteiger charge is -2.35. The first-order valence-corrected chi connectivity index (χ1v) is 12.2. The molecule has 2 unspecified atom stereocenters. The molecule has 140 valence electrons. The molecule has 0 spiro atoms. The SMILES string of the molecule is C=CC(CC(C(=C)O)C(C)=O)[P+](CCCC)(CCCC)CCCC. The van der Waals surface area contributed by atoms with Gasteiger partial charge >= 0.3 is 0 Å². The Hall–Kier alpha value is -0.620. The molecule has 0 aliphatic heterocycles. The van der Waals surface area contributed by atoms with E-state index < -0.39 is 13.2 Å². The van der Waals surface area contributed by atoms with Gasteiger partial charge in [-0.3, -0.25) is 4.79 Å². The average molecular weight is 356 g/mol. The van der Waals surface area contributed by atoms with E-state index in [1.54, 1.807) is 6.92 Å². The zero-order valence-electron chi connectivity index (χ0n) is 16.5. The topological polar surface area (TPSA) is 37.3 Å². The smallest absolute Gasteiger partial charge is 0.140 e. The van der Waals surface area contributed by atoms with Crippen molar-refractivity contribution in [2.75, 3.05) is 18.5 Å². The fourth-order valence-corrected chi connectivity index (χ4v) is 9.18. The van der Waals surface area contributed by atoms with Crippen LogP contribution in [0.3, 0.4) is 0 Å². The molecule has 0 bridgehead atoms. The van der Waals surface area contributed by atoms with E-state index >= 15 is 0 Å². The Kier molecular flexibility index (Phi) is 12.4. The third-order valence-corrected chi connectivity index (χ3v) is 10.7. The summed E-state index contributed by atoms with van der Waals surface area (Å²) in [6.45, 7) is 16.1. The molecular formula is C21H40O2P+. The number of allylic oxidation sites excluding steroid dienone is 2. The molecule has 0 fully saturated rings. The van der Waals surface area contributed by atoms with Gasteiger partial charge in [-0.25, -0.2) is 0 Å². The molecule has 0 saturated heterocycles. The summed E-state index contributed by atoms with van der Waals surface area (Å²) >= 11 is 0. The Balaban J connectivity index is 5.57. The first kappa shape index (κ1) is 23.4. The molecule has 0 aromatic heterocycles. The van der Waals surface area contributed by atoms with Crippen molar-refractivity contribution in [3.8, 4) is 0 Å². The highest BCUT2D eigenvalue weighted by Gasteiger charge is 2.44. The zero-order chi connectivity index (χ0) is 18.6. The fourth-order valence-electron chi connectivity index (χ4n) is 3.57. The van der Waals surface area contributed by atoms with Crippen LogP contribution in [0.5, 0.6) is 0 Å². The average Bonchev–Trinajstić information content (AvgIpc) is 2.55. The van der Waals surface area contributed by atoms with Crippen LogP contribution < -0.4 is 0 Å². The van der Waals surface area contributed by atoms with Crippen LogP contribution in [0.1, 0.15) is 72.6 Å². The minimum atomic E-state index is -1.21. The van der Waals surface area contributed by atoms with Gasteiger partial charge in [0.1, 0.15) is 5.78 Å². The van der Waals surface area contributed by atoms with Crippen LogP contribution in [-0.2, 0) is 4.79 Å². The van der Waals surface area contributed by atoms with Crippen LogP contribution >= 0.6 is 7.26 Å². The number of ketones is 1. The molecule has 0 aromatic rings. The zero-order valence-corrected chi connectivity index (χ0v) is 17.4. The summed E-state index contributed by atoms with van der Waals surface area (Å²) in [4.78, 5) is 12.0. The van der Waals surface area contributed by atoms with Gasteiger partial charge in [0.15, 0.2) is 0 Å². The molecule has 2 atom stereocenters. The summed E-state index contributed by atoms with van der Waals surface area (Å²) in [5.74, 6) is -0.389. The van der Waals surface area contributed by atoms with Crippen molar-refractivity contribution in [3.05, 3.63) is 25.0 Å². The van der Waals surface area contributed by atoms with Gasteiger partial charge < -0.3 is 5.11 Å². The molecule has 0 heterocycles. The van der Waals surface area contributed by atoms with Crippen molar-refractivity contribution in [2.45, 2.75) is 78.3 Å². The number of hydrogen-bond donors (Lipinski definition) is 1. The molecular weight excluding hydrogens is 315 g/mol. The summed E-state index contributed by atoms with van der Waals surface area (Å²) in [5, 5.41) is 9.88. The van der Waals surface area contributed by atoms with E-state index in [-0.39, 0.29) is 11.5 Å². The molecule has 0 aliphatic carbocycles. The fraction of sp³-hybridized carbons (Fsp3) is 0.762. The summed E-state index contributed by atoms with van der Waals surface area (Å²) in [5.41, 5.74) is 0.361. The minimum absolute atomic E-state index is 0.0222. The number of rotatable bonds is 15. The Morgan fingerprint density at radius 3 is 1.71 bits per heavy atom. The van der Waals surface area contributed by atoms with Crippen LogP contribution in [0.25, 0.3) is 0 Å². The number of hydrogen-bond acceptors (Lipinski definition) is 2. The second-order valence-corrected chi connectivity index (χ2v) is 11.6. The van der Waals surface area contributed by atoms with E-state index in [0.29, 0.717) is 12.1 Å². The minimum Gasteiger partial charge on any atom is -0.512 e. The normalized spacial score (nSPS) is 14.2. The molecule has 0 aromatic carbocycles. The number of unbranched alkanes of at least 4 members (excludes halogenated alkanes) is 3. The lowest BCUT2D eigenvalue weighted by Crippen LogP contribution is -2.26. The van der Waals surface area contributed by atoms with E-state index in [9.17, 15) is 9.90 Å². The third-order valence-electron chi connectivity index (χ3n) is 5.22. The number of aliphatic hydroxyl groups is 1. The molecule has 0 rings (SSSR count). The van der Waals surface area contributed by atoms with E-state index in [1.165, 1.54) is 57.0 Å². The van der Waals surface area contributed by atoms with E-state index in [1.807, 2.05) is 0 Å². The van der Waals surface area contributed by atoms with Gasteiger partial charge in [0, 0.05) is 13.7 Å². The first-order valence-electron chi connectivity index (χ1n) is 9.74. The first-order chi connectivity index (χ1) is 11.4. The number of carbonyl (C=O) groups is 1. The Bertz CT molecular complexity index is 354. The highest BCUT2D eigenvalue weighted by Crippen LogP contribution is 2.66. The van der Waals surface area contributed by atoms with E-state index in [0.717, 1.165) is 0 Å². The van der Waals surface area contributed by atoms with Crippen LogP contribution in [-0.4, -0.2) is 35.0 Å². The summed E-state index contributed by atoms with van der Waals surface area (Å²) < 4.78 is 0. The number of Topliss-reactive ketones (excluding diaryl/α,β-unsaturated/α-hetero) is 1. The molecule has 2 nitrogen and oxygen atoms in total. The monoisotopic (exact) mass is 355 g/mol. The molecule has 0 aliphatic rings. The lowest BCUT2D eigenvalue weighted by atomic mass is 9.97. The standard InChI is InChI=1S/C21H39O2P/c1-7-11-14-24(15-12-8-2,16-13-9-3)20(10-4)17-21(18(5)22)19(6)23/h10,20-21H,4-5,7-9,11-17H2,1-3,6H3/p+1. The maximum Gasteiger partial charge on any atom is 0.140 e. The van der Waals surface area contributed by atoms with Crippen molar-refractivity contribution >= 4 is 13.0 Å². The van der Waals surface area contributed by atoms with Crippen molar-refractivity contribution < 1.29 is 9.90 Å². The van der Waals surface area contributed by atoms with Crippen molar-refractivity contribution in [1.82, 2.24) is 0 Å².